The molecule has 0 heterocycles. The first kappa shape index (κ1) is 22.2. The SMILES string of the molecule is Cc1ccc(S(=O)(=O)N[C@@H](CC(=O)Nc2ccc(Br)c(C)c2)c2ccccc2)cc1. The van der Waals surface area contributed by atoms with Crippen LogP contribution in [-0.2, 0) is 14.8 Å². The molecule has 7 heteroatoms. The van der Waals surface area contributed by atoms with Crippen molar-refractivity contribution in [2.24, 2.45) is 0 Å². The molecule has 0 radical (unpaired) electrons. The minimum atomic E-state index is -3.79. The molecule has 5 nitrogen and oxygen atoms in total. The third-order valence-corrected chi connectivity index (χ3v) is 7.04. The van der Waals surface area contributed by atoms with E-state index in [-0.39, 0.29) is 17.2 Å². The highest BCUT2D eigenvalue weighted by Gasteiger charge is 2.24. The Kier molecular flexibility index (Phi) is 7.07. The van der Waals surface area contributed by atoms with Gasteiger partial charge >= 0.3 is 0 Å². The van der Waals surface area contributed by atoms with Gasteiger partial charge in [-0.2, -0.15) is 0 Å². The first-order valence-electron chi connectivity index (χ1n) is 9.44. The summed E-state index contributed by atoms with van der Waals surface area (Å²) < 4.78 is 29.4. The molecule has 156 valence electrons. The molecule has 0 bridgehead atoms. The van der Waals surface area contributed by atoms with Crippen LogP contribution in [0, 0.1) is 13.8 Å². The lowest BCUT2D eigenvalue weighted by atomic mass is 10.0. The number of hydrogen-bond donors (Lipinski definition) is 2. The molecule has 2 N–H and O–H groups in total. The topological polar surface area (TPSA) is 75.3 Å². The van der Waals surface area contributed by atoms with E-state index in [2.05, 4.69) is 26.0 Å². The van der Waals surface area contributed by atoms with Crippen LogP contribution >= 0.6 is 15.9 Å². The number of benzene rings is 3. The number of carbonyl (C=O) groups excluding carboxylic acids is 1. The van der Waals surface area contributed by atoms with Gasteiger partial charge in [-0.05, 0) is 55.3 Å². The molecule has 1 atom stereocenters. The van der Waals surface area contributed by atoms with Gasteiger partial charge in [-0.25, -0.2) is 13.1 Å². The largest absolute Gasteiger partial charge is 0.326 e. The fourth-order valence-electron chi connectivity index (χ4n) is 3.01. The lowest BCUT2D eigenvalue weighted by Gasteiger charge is -2.19. The lowest BCUT2D eigenvalue weighted by molar-refractivity contribution is -0.116. The zero-order chi connectivity index (χ0) is 21.7. The lowest BCUT2D eigenvalue weighted by Crippen LogP contribution is -2.31. The second-order valence-electron chi connectivity index (χ2n) is 7.11. The Morgan fingerprint density at radius 2 is 1.63 bits per heavy atom. The molecule has 30 heavy (non-hydrogen) atoms. The van der Waals surface area contributed by atoms with Crippen molar-refractivity contribution >= 4 is 37.5 Å². The van der Waals surface area contributed by atoms with Crippen molar-refractivity contribution in [1.82, 2.24) is 4.72 Å². The molecule has 0 saturated heterocycles. The number of sulfonamides is 1. The summed E-state index contributed by atoms with van der Waals surface area (Å²) in [6, 6.07) is 20.5. The summed E-state index contributed by atoms with van der Waals surface area (Å²) in [5.74, 6) is -0.280. The average molecular weight is 487 g/mol. The number of halogens is 1. The molecule has 0 aliphatic rings. The number of amides is 1. The number of anilines is 1. The van der Waals surface area contributed by atoms with E-state index in [1.807, 2.05) is 44.2 Å². The van der Waals surface area contributed by atoms with Gasteiger partial charge in [-0.3, -0.25) is 4.79 Å². The third-order valence-electron chi connectivity index (χ3n) is 4.66. The monoisotopic (exact) mass is 486 g/mol. The molecular weight excluding hydrogens is 464 g/mol. The van der Waals surface area contributed by atoms with Crippen molar-refractivity contribution < 1.29 is 13.2 Å². The van der Waals surface area contributed by atoms with Crippen LogP contribution in [0.25, 0.3) is 0 Å². The van der Waals surface area contributed by atoms with E-state index in [0.717, 1.165) is 21.2 Å². The predicted molar refractivity (Wildman–Crippen MR) is 123 cm³/mol. The van der Waals surface area contributed by atoms with Crippen LogP contribution in [-0.4, -0.2) is 14.3 Å². The maximum atomic E-state index is 12.9. The molecule has 0 aliphatic carbocycles. The Morgan fingerprint density at radius 3 is 2.27 bits per heavy atom. The van der Waals surface area contributed by atoms with Crippen molar-refractivity contribution in [2.45, 2.75) is 31.2 Å². The van der Waals surface area contributed by atoms with Crippen molar-refractivity contribution in [3.63, 3.8) is 0 Å². The molecule has 3 aromatic carbocycles. The first-order chi connectivity index (χ1) is 14.2. The molecule has 0 unspecified atom stereocenters. The molecular formula is C23H23BrN2O3S. The predicted octanol–water partition coefficient (Wildman–Crippen LogP) is 5.11. The molecule has 3 rings (SSSR count). The first-order valence-corrected chi connectivity index (χ1v) is 11.7. The van der Waals surface area contributed by atoms with Gasteiger partial charge < -0.3 is 5.32 Å². The zero-order valence-electron chi connectivity index (χ0n) is 16.7. The number of nitrogens with one attached hydrogen (secondary N) is 2. The van der Waals surface area contributed by atoms with Crippen molar-refractivity contribution in [1.29, 1.82) is 0 Å². The van der Waals surface area contributed by atoms with Crippen LogP contribution < -0.4 is 10.0 Å². The third kappa shape index (κ3) is 5.78. The quantitative estimate of drug-likeness (QED) is 0.486. The summed E-state index contributed by atoms with van der Waals surface area (Å²) in [6.07, 6.45) is -0.0375. The van der Waals surface area contributed by atoms with E-state index in [0.29, 0.717) is 5.69 Å². The standard InChI is InChI=1S/C23H23BrN2O3S/c1-16-8-11-20(12-9-16)30(28,29)26-22(18-6-4-3-5-7-18)15-23(27)25-19-10-13-21(24)17(2)14-19/h3-14,22,26H,15H2,1-2H3,(H,25,27)/t22-/m0/s1. The van der Waals surface area contributed by atoms with Crippen molar-refractivity contribution in [2.75, 3.05) is 5.32 Å². The van der Waals surface area contributed by atoms with E-state index in [4.69, 9.17) is 0 Å². The molecule has 1 amide bonds. The van der Waals surface area contributed by atoms with E-state index in [1.54, 1.807) is 42.5 Å². The summed E-state index contributed by atoms with van der Waals surface area (Å²) >= 11 is 3.44. The van der Waals surface area contributed by atoms with E-state index in [9.17, 15) is 13.2 Å². The molecule has 0 aliphatic heterocycles. The summed E-state index contributed by atoms with van der Waals surface area (Å²) in [5, 5.41) is 2.85. The normalized spacial score (nSPS) is 12.4. The Labute approximate surface area is 185 Å². The maximum absolute atomic E-state index is 12.9. The summed E-state index contributed by atoms with van der Waals surface area (Å²) in [5.41, 5.74) is 3.34. The smallest absolute Gasteiger partial charge is 0.241 e. The van der Waals surface area contributed by atoms with Crippen molar-refractivity contribution in [3.8, 4) is 0 Å². The molecule has 3 aromatic rings. The number of rotatable bonds is 7. The summed E-state index contributed by atoms with van der Waals surface area (Å²) in [6.45, 7) is 3.83. The second kappa shape index (κ2) is 9.55. The summed E-state index contributed by atoms with van der Waals surface area (Å²) in [7, 11) is -3.79. The van der Waals surface area contributed by atoms with Crippen LogP contribution in [0.2, 0.25) is 0 Å². The van der Waals surface area contributed by atoms with E-state index in [1.165, 1.54) is 0 Å². The van der Waals surface area contributed by atoms with Crippen LogP contribution in [0.1, 0.15) is 29.2 Å². The van der Waals surface area contributed by atoms with Crippen LogP contribution in [0.4, 0.5) is 5.69 Å². The maximum Gasteiger partial charge on any atom is 0.241 e. The van der Waals surface area contributed by atoms with Gasteiger partial charge in [-0.15, -0.1) is 0 Å². The molecule has 0 spiro atoms. The number of hydrogen-bond acceptors (Lipinski definition) is 3. The van der Waals surface area contributed by atoms with Gasteiger partial charge in [0.15, 0.2) is 0 Å². The van der Waals surface area contributed by atoms with Gasteiger partial charge in [-0.1, -0.05) is 64.0 Å². The molecule has 0 saturated carbocycles. The Balaban J connectivity index is 1.81. The van der Waals surface area contributed by atoms with Crippen LogP contribution in [0.3, 0.4) is 0 Å². The van der Waals surface area contributed by atoms with E-state index < -0.39 is 16.1 Å². The highest BCUT2D eigenvalue weighted by molar-refractivity contribution is 9.10. The van der Waals surface area contributed by atoms with Gasteiger partial charge in [0.2, 0.25) is 15.9 Å². The number of aryl methyl sites for hydroxylation is 2. The minimum absolute atomic E-state index is 0.0375. The minimum Gasteiger partial charge on any atom is -0.326 e. The van der Waals surface area contributed by atoms with Gasteiger partial charge in [0.1, 0.15) is 0 Å². The second-order valence-corrected chi connectivity index (χ2v) is 9.68. The van der Waals surface area contributed by atoms with Crippen LogP contribution in [0.15, 0.2) is 82.2 Å². The Morgan fingerprint density at radius 1 is 0.967 bits per heavy atom. The van der Waals surface area contributed by atoms with Crippen molar-refractivity contribution in [3.05, 3.63) is 94.0 Å². The average Bonchev–Trinajstić information content (AvgIpc) is 2.71. The van der Waals surface area contributed by atoms with Gasteiger partial charge in [0, 0.05) is 16.6 Å². The van der Waals surface area contributed by atoms with Gasteiger partial charge in [0.25, 0.3) is 0 Å². The summed E-state index contributed by atoms with van der Waals surface area (Å²) in [4.78, 5) is 12.9. The molecule has 0 fully saturated rings. The Bertz CT molecular complexity index is 1130. The fraction of sp³-hybridized carbons (Fsp3) is 0.174. The fourth-order valence-corrected chi connectivity index (χ4v) is 4.48. The zero-order valence-corrected chi connectivity index (χ0v) is 19.1. The Hall–Kier alpha value is -2.48. The molecule has 0 aromatic heterocycles. The highest BCUT2D eigenvalue weighted by atomic mass is 79.9. The van der Waals surface area contributed by atoms with E-state index >= 15 is 0 Å². The van der Waals surface area contributed by atoms with Gasteiger partial charge in [0.05, 0.1) is 10.9 Å². The number of carbonyl (C=O) groups is 1. The highest BCUT2D eigenvalue weighted by Crippen LogP contribution is 2.23. The van der Waals surface area contributed by atoms with Crippen LogP contribution in [0.5, 0.6) is 0 Å².